The Morgan fingerprint density at radius 3 is 2.47 bits per heavy atom. The van der Waals surface area contributed by atoms with Gasteiger partial charge in [-0.15, -0.1) is 9.42 Å². The highest BCUT2D eigenvalue weighted by atomic mass is 31.1. The van der Waals surface area contributed by atoms with Crippen LogP contribution in [0.5, 0.6) is 0 Å². The molecule has 0 bridgehead atoms. The van der Waals surface area contributed by atoms with Gasteiger partial charge in [-0.2, -0.15) is 0 Å². The molecule has 4 unspecified atom stereocenters. The van der Waals surface area contributed by atoms with E-state index in [0.29, 0.717) is 12.8 Å². The molecule has 0 aliphatic heterocycles. The highest BCUT2D eigenvalue weighted by molar-refractivity contribution is 7.32. The predicted molar refractivity (Wildman–Crippen MR) is 76.0 cm³/mol. The summed E-state index contributed by atoms with van der Waals surface area (Å²) in [4.78, 5) is 8.77. The van der Waals surface area contributed by atoms with Gasteiger partial charge in [0.15, 0.2) is 0 Å². The highest BCUT2D eigenvalue weighted by Gasteiger charge is 2.28. The molecule has 5 heteroatoms. The van der Waals surface area contributed by atoms with Crippen LogP contribution < -0.4 is 0 Å². The summed E-state index contributed by atoms with van der Waals surface area (Å²) in [6, 6.07) is 0. The summed E-state index contributed by atoms with van der Waals surface area (Å²) in [5.41, 5.74) is 0. The van der Waals surface area contributed by atoms with E-state index in [1.54, 1.807) is 0 Å². The van der Waals surface area contributed by atoms with Crippen LogP contribution in [0.2, 0.25) is 0 Å². The van der Waals surface area contributed by atoms with Crippen LogP contribution in [-0.4, -0.2) is 22.2 Å². The van der Waals surface area contributed by atoms with E-state index in [-0.39, 0.29) is 12.0 Å². The molecule has 4 nitrogen and oxygen atoms in total. The van der Waals surface area contributed by atoms with Gasteiger partial charge in [-0.3, -0.25) is 0 Å². The van der Waals surface area contributed by atoms with E-state index < -0.39 is 14.4 Å². The number of aliphatic hydroxyl groups is 1. The van der Waals surface area contributed by atoms with E-state index in [9.17, 15) is 9.67 Å². The molecule has 0 aromatic rings. The number of rotatable bonds is 8. The van der Waals surface area contributed by atoms with Crippen molar-refractivity contribution in [2.24, 2.45) is 11.8 Å². The Bertz CT molecular complexity index is 266. The van der Waals surface area contributed by atoms with Crippen LogP contribution in [0.1, 0.15) is 65.2 Å². The van der Waals surface area contributed by atoms with E-state index in [1.165, 1.54) is 32.1 Å². The van der Waals surface area contributed by atoms with Gasteiger partial charge in [-0.1, -0.05) is 46.0 Å². The van der Waals surface area contributed by atoms with E-state index in [2.05, 4.69) is 6.92 Å². The number of hydrogen-bond donors (Lipinski definition) is 2. The molecule has 0 radical (unpaired) electrons. The first-order chi connectivity index (χ1) is 9.02. The predicted octanol–water partition coefficient (Wildman–Crippen LogP) is 3.79. The van der Waals surface area contributed by atoms with Crippen molar-refractivity contribution in [3.8, 4) is 0 Å². The summed E-state index contributed by atoms with van der Waals surface area (Å²) >= 11 is 0. The smallest absolute Gasteiger partial charge is 0.393 e. The van der Waals surface area contributed by atoms with Gasteiger partial charge in [0.05, 0.1) is 6.10 Å². The lowest BCUT2D eigenvalue weighted by Gasteiger charge is -2.27. The molecule has 4 atom stereocenters. The maximum absolute atomic E-state index is 10.7. The Morgan fingerprint density at radius 1 is 1.32 bits per heavy atom. The van der Waals surface area contributed by atoms with Gasteiger partial charge < -0.3 is 5.11 Å². The molecule has 0 aromatic carbocycles. The molecule has 1 saturated carbocycles. The quantitative estimate of drug-likeness (QED) is 0.668. The summed E-state index contributed by atoms with van der Waals surface area (Å²) < 4.78 is 15.6. The molecule has 1 aliphatic rings. The van der Waals surface area contributed by atoms with Crippen molar-refractivity contribution >= 4 is 8.25 Å². The van der Waals surface area contributed by atoms with Crippen LogP contribution in [0, 0.1) is 11.8 Å². The minimum Gasteiger partial charge on any atom is -0.393 e. The first kappa shape index (κ1) is 17.0. The monoisotopic (exact) mass is 291 g/mol. The molecule has 1 fully saturated rings. The van der Waals surface area contributed by atoms with Crippen molar-refractivity contribution in [2.75, 3.05) is 0 Å². The Balaban J connectivity index is 2.33. The second-order valence-corrected chi connectivity index (χ2v) is 6.58. The van der Waals surface area contributed by atoms with Gasteiger partial charge in [0, 0.05) is 11.0 Å². The van der Waals surface area contributed by atoms with Crippen molar-refractivity contribution in [3.05, 3.63) is 0 Å². The maximum atomic E-state index is 10.7. The van der Waals surface area contributed by atoms with Crippen LogP contribution in [0.4, 0.5) is 0 Å². The van der Waals surface area contributed by atoms with Crippen molar-refractivity contribution in [3.63, 3.8) is 0 Å². The minimum atomic E-state index is -2.57. The van der Waals surface area contributed by atoms with Crippen LogP contribution in [0.3, 0.4) is 0 Å². The minimum absolute atomic E-state index is 0.234. The Hall–Kier alpha value is -0.0200. The van der Waals surface area contributed by atoms with Crippen LogP contribution >= 0.6 is 8.25 Å². The largest absolute Gasteiger partial charge is 0.694 e. The first-order valence-electron chi connectivity index (χ1n) is 7.53. The molecule has 112 valence electrons. The van der Waals surface area contributed by atoms with Crippen LogP contribution in [-0.2, 0) is 9.09 Å². The van der Waals surface area contributed by atoms with Gasteiger partial charge in [0.1, 0.15) is 6.10 Å². The van der Waals surface area contributed by atoms with Crippen molar-refractivity contribution in [2.45, 2.75) is 77.4 Å². The number of hydrogen-bond acceptors (Lipinski definition) is 3. The molecular formula is C14H28O4P+. The van der Waals surface area contributed by atoms with Crippen molar-refractivity contribution in [1.29, 1.82) is 0 Å². The summed E-state index contributed by atoms with van der Waals surface area (Å²) in [5.74, 6) is 0.978. The fourth-order valence-corrected chi connectivity index (χ4v) is 3.51. The zero-order chi connectivity index (χ0) is 14.3. The lowest BCUT2D eigenvalue weighted by atomic mass is 9.81. The summed E-state index contributed by atoms with van der Waals surface area (Å²) in [6.45, 7) is 3.98. The molecule has 0 spiro atoms. The van der Waals surface area contributed by atoms with E-state index in [4.69, 9.17) is 9.42 Å². The second-order valence-electron chi connectivity index (χ2n) is 5.89. The van der Waals surface area contributed by atoms with Gasteiger partial charge in [-0.25, -0.2) is 0 Å². The first-order valence-corrected chi connectivity index (χ1v) is 8.66. The third-order valence-electron chi connectivity index (χ3n) is 4.29. The topological polar surface area (TPSA) is 66.8 Å². The molecule has 0 heterocycles. The second kappa shape index (κ2) is 9.02. The zero-order valence-corrected chi connectivity index (χ0v) is 13.0. The van der Waals surface area contributed by atoms with Crippen LogP contribution in [0.25, 0.3) is 0 Å². The average molecular weight is 291 g/mol. The summed E-state index contributed by atoms with van der Waals surface area (Å²) in [7, 11) is -2.57. The molecule has 1 rings (SSSR count). The summed E-state index contributed by atoms with van der Waals surface area (Å²) in [5, 5.41) is 10.2. The molecule has 0 amide bonds. The van der Waals surface area contributed by atoms with Crippen LogP contribution in [0.15, 0.2) is 0 Å². The Morgan fingerprint density at radius 2 is 1.95 bits per heavy atom. The van der Waals surface area contributed by atoms with Gasteiger partial charge in [0.25, 0.3) is 0 Å². The lowest BCUT2D eigenvalue weighted by molar-refractivity contribution is 0.0455. The van der Waals surface area contributed by atoms with E-state index in [0.717, 1.165) is 12.3 Å². The SMILES string of the molecule is CCC(CC(O)C(C)CC1CCCCC1)O[P+](=O)O. The molecule has 19 heavy (non-hydrogen) atoms. The molecule has 1 aliphatic carbocycles. The molecule has 2 N–H and O–H groups in total. The fraction of sp³-hybridized carbons (Fsp3) is 1.00. The lowest BCUT2D eigenvalue weighted by Crippen LogP contribution is -2.26. The Labute approximate surface area is 117 Å². The zero-order valence-electron chi connectivity index (χ0n) is 12.1. The van der Waals surface area contributed by atoms with Gasteiger partial charge in [0.2, 0.25) is 0 Å². The molecule has 0 saturated heterocycles. The molecular weight excluding hydrogens is 263 g/mol. The highest BCUT2D eigenvalue weighted by Crippen LogP contribution is 2.31. The third-order valence-corrected chi connectivity index (χ3v) is 4.76. The fourth-order valence-electron chi connectivity index (χ4n) is 3.02. The standard InChI is InChI=1S/C14H27O4P/c1-3-13(18-19(16)17)10-14(15)11(2)9-12-7-5-4-6-8-12/h11-15H,3-10H2,1-2H3/p+1. The van der Waals surface area contributed by atoms with E-state index >= 15 is 0 Å². The third kappa shape index (κ3) is 6.80. The Kier molecular flexibility index (Phi) is 8.08. The van der Waals surface area contributed by atoms with E-state index in [1.807, 2.05) is 6.92 Å². The van der Waals surface area contributed by atoms with Crippen molar-refractivity contribution in [1.82, 2.24) is 0 Å². The van der Waals surface area contributed by atoms with Crippen molar-refractivity contribution < 1.29 is 19.1 Å². The van der Waals surface area contributed by atoms with Gasteiger partial charge in [-0.05, 0) is 24.7 Å². The summed E-state index contributed by atoms with van der Waals surface area (Å²) in [6.07, 6.45) is 7.95. The normalized spacial score (nSPS) is 22.8. The number of aliphatic hydroxyl groups excluding tert-OH is 1. The van der Waals surface area contributed by atoms with Gasteiger partial charge >= 0.3 is 8.25 Å². The maximum Gasteiger partial charge on any atom is 0.694 e. The average Bonchev–Trinajstić information content (AvgIpc) is 2.38. The molecule has 0 aromatic heterocycles.